The van der Waals surface area contributed by atoms with Crippen LogP contribution in [0.3, 0.4) is 0 Å². The van der Waals surface area contributed by atoms with E-state index in [9.17, 15) is 5.11 Å². The van der Waals surface area contributed by atoms with Crippen LogP contribution in [0.15, 0.2) is 27.8 Å². The molecule has 0 radical (unpaired) electrons. The molecule has 0 aliphatic rings. The Hall–Kier alpha value is -2.09. The van der Waals surface area contributed by atoms with Gasteiger partial charge in [0.1, 0.15) is 5.75 Å². The van der Waals surface area contributed by atoms with Crippen molar-refractivity contribution in [3.63, 3.8) is 0 Å². The van der Waals surface area contributed by atoms with Crippen LogP contribution in [0.25, 0.3) is 0 Å². The van der Waals surface area contributed by atoms with Gasteiger partial charge >= 0.3 is 0 Å². The minimum atomic E-state index is 0.133. The third-order valence-corrected chi connectivity index (χ3v) is 2.72. The fourth-order valence-electron chi connectivity index (χ4n) is 1.23. The van der Waals surface area contributed by atoms with Gasteiger partial charge in [-0.25, -0.2) is 10.1 Å². The zero-order valence-corrected chi connectivity index (χ0v) is 11.1. The number of benzene rings is 1. The van der Waals surface area contributed by atoms with Gasteiger partial charge in [0.05, 0.1) is 6.21 Å². The SMILES string of the molecule is Cc1nnc(NN=Cc2cc(Br)ccc2O)n1N. The molecule has 7 nitrogen and oxygen atoms in total. The molecule has 0 amide bonds. The molecule has 0 saturated carbocycles. The number of nitrogens with two attached hydrogens (primary N) is 1. The van der Waals surface area contributed by atoms with Crippen LogP contribution in [-0.4, -0.2) is 26.2 Å². The number of aryl methyl sites for hydroxylation is 1. The summed E-state index contributed by atoms with van der Waals surface area (Å²) in [5, 5.41) is 21.1. The van der Waals surface area contributed by atoms with E-state index >= 15 is 0 Å². The van der Waals surface area contributed by atoms with Gasteiger partial charge in [-0.1, -0.05) is 15.9 Å². The number of halogens is 1. The topological polar surface area (TPSA) is 101 Å². The van der Waals surface area contributed by atoms with Gasteiger partial charge in [-0.15, -0.1) is 10.2 Å². The lowest BCUT2D eigenvalue weighted by Crippen LogP contribution is -2.13. The summed E-state index contributed by atoms with van der Waals surface area (Å²) in [6, 6.07) is 5.04. The van der Waals surface area contributed by atoms with Crippen LogP contribution in [0.2, 0.25) is 0 Å². The second kappa shape index (κ2) is 5.05. The minimum absolute atomic E-state index is 0.133. The number of nitrogens with one attached hydrogen (secondary N) is 1. The Kier molecular flexibility index (Phi) is 3.47. The molecule has 1 heterocycles. The number of nitrogens with zero attached hydrogens (tertiary/aromatic N) is 4. The first-order chi connectivity index (χ1) is 8.58. The first-order valence-electron chi connectivity index (χ1n) is 5.02. The molecule has 0 bridgehead atoms. The molecule has 0 aliphatic heterocycles. The molecule has 0 fully saturated rings. The fraction of sp³-hybridized carbons (Fsp3) is 0.100. The number of hydrazone groups is 1. The number of anilines is 1. The van der Waals surface area contributed by atoms with E-state index in [0.717, 1.165) is 4.47 Å². The van der Waals surface area contributed by atoms with Crippen LogP contribution < -0.4 is 11.3 Å². The molecule has 0 saturated heterocycles. The van der Waals surface area contributed by atoms with E-state index < -0.39 is 0 Å². The largest absolute Gasteiger partial charge is 0.507 e. The Balaban J connectivity index is 2.12. The lowest BCUT2D eigenvalue weighted by molar-refractivity contribution is 0.474. The molecule has 0 aliphatic carbocycles. The Morgan fingerprint density at radius 3 is 2.94 bits per heavy atom. The summed E-state index contributed by atoms with van der Waals surface area (Å²) in [7, 11) is 0. The summed E-state index contributed by atoms with van der Waals surface area (Å²) in [5.74, 6) is 6.65. The van der Waals surface area contributed by atoms with Gasteiger partial charge in [0.15, 0.2) is 5.82 Å². The minimum Gasteiger partial charge on any atom is -0.507 e. The van der Waals surface area contributed by atoms with Crippen molar-refractivity contribution in [2.75, 3.05) is 11.3 Å². The number of hydrogen-bond donors (Lipinski definition) is 3. The monoisotopic (exact) mass is 310 g/mol. The van der Waals surface area contributed by atoms with Crippen molar-refractivity contribution < 1.29 is 5.11 Å². The second-order valence-corrected chi connectivity index (χ2v) is 4.43. The van der Waals surface area contributed by atoms with E-state index in [2.05, 4.69) is 36.7 Å². The molecule has 2 aromatic rings. The highest BCUT2D eigenvalue weighted by atomic mass is 79.9. The molecule has 18 heavy (non-hydrogen) atoms. The number of phenolic OH excluding ortho intramolecular Hbond substituents is 1. The van der Waals surface area contributed by atoms with Gasteiger partial charge in [-0.05, 0) is 25.1 Å². The van der Waals surface area contributed by atoms with E-state index in [1.165, 1.54) is 10.9 Å². The van der Waals surface area contributed by atoms with Gasteiger partial charge in [0, 0.05) is 10.0 Å². The van der Waals surface area contributed by atoms with Crippen LogP contribution in [0, 0.1) is 6.92 Å². The van der Waals surface area contributed by atoms with Gasteiger partial charge in [0.25, 0.3) is 5.95 Å². The van der Waals surface area contributed by atoms with Crippen LogP contribution >= 0.6 is 15.9 Å². The van der Waals surface area contributed by atoms with Gasteiger partial charge in [-0.2, -0.15) is 5.10 Å². The third kappa shape index (κ3) is 2.59. The molecule has 8 heteroatoms. The number of phenols is 1. The maximum atomic E-state index is 9.59. The Bertz CT molecular complexity index is 594. The summed E-state index contributed by atoms with van der Waals surface area (Å²) < 4.78 is 2.12. The molecule has 4 N–H and O–H groups in total. The third-order valence-electron chi connectivity index (χ3n) is 2.22. The molecule has 2 rings (SSSR count). The molecule has 0 spiro atoms. The number of nitrogen functional groups attached to an aromatic ring is 1. The van der Waals surface area contributed by atoms with E-state index in [4.69, 9.17) is 5.84 Å². The van der Waals surface area contributed by atoms with Crippen LogP contribution in [-0.2, 0) is 0 Å². The normalized spacial score (nSPS) is 11.0. The van der Waals surface area contributed by atoms with Gasteiger partial charge in [-0.3, -0.25) is 0 Å². The maximum Gasteiger partial charge on any atom is 0.263 e. The number of rotatable bonds is 3. The van der Waals surface area contributed by atoms with Crippen molar-refractivity contribution in [2.24, 2.45) is 5.10 Å². The van der Waals surface area contributed by atoms with Gasteiger partial charge < -0.3 is 10.9 Å². The fourth-order valence-corrected chi connectivity index (χ4v) is 1.61. The number of aromatic hydroxyl groups is 1. The summed E-state index contributed by atoms with van der Waals surface area (Å²) in [5.41, 5.74) is 3.20. The average Bonchev–Trinajstić information content (AvgIpc) is 2.65. The molecule has 0 unspecified atom stereocenters. The van der Waals surface area contributed by atoms with Crippen molar-refractivity contribution >= 4 is 28.1 Å². The lowest BCUT2D eigenvalue weighted by Gasteiger charge is -2.01. The predicted molar refractivity (Wildman–Crippen MR) is 71.9 cm³/mol. The van der Waals surface area contributed by atoms with Crippen molar-refractivity contribution in [3.05, 3.63) is 34.1 Å². The second-order valence-electron chi connectivity index (χ2n) is 3.51. The Labute approximate surface area is 111 Å². The summed E-state index contributed by atoms with van der Waals surface area (Å²) in [6.45, 7) is 1.72. The first kappa shape index (κ1) is 12.4. The highest BCUT2D eigenvalue weighted by Gasteiger charge is 2.03. The summed E-state index contributed by atoms with van der Waals surface area (Å²) >= 11 is 3.31. The van der Waals surface area contributed by atoms with E-state index in [1.807, 2.05) is 0 Å². The van der Waals surface area contributed by atoms with Crippen molar-refractivity contribution in [2.45, 2.75) is 6.92 Å². The first-order valence-corrected chi connectivity index (χ1v) is 5.82. The zero-order chi connectivity index (χ0) is 13.1. The Morgan fingerprint density at radius 2 is 2.28 bits per heavy atom. The molecule has 1 aromatic heterocycles. The maximum absolute atomic E-state index is 9.59. The zero-order valence-electron chi connectivity index (χ0n) is 9.50. The quantitative estimate of drug-likeness (QED) is 0.449. The molecular weight excluding hydrogens is 300 g/mol. The average molecular weight is 311 g/mol. The molecular formula is C10H11BrN6O. The standard InChI is InChI=1S/C10H11BrN6O/c1-6-14-16-10(17(6)12)15-13-5-7-4-8(11)2-3-9(7)18/h2-5,18H,12H2,1H3,(H,15,16). The highest BCUT2D eigenvalue weighted by Crippen LogP contribution is 2.20. The number of aromatic nitrogens is 3. The van der Waals surface area contributed by atoms with Crippen LogP contribution in [0.1, 0.15) is 11.4 Å². The van der Waals surface area contributed by atoms with Crippen LogP contribution in [0.4, 0.5) is 5.95 Å². The molecule has 94 valence electrons. The smallest absolute Gasteiger partial charge is 0.263 e. The lowest BCUT2D eigenvalue weighted by atomic mass is 10.2. The number of hydrogen-bond acceptors (Lipinski definition) is 6. The van der Waals surface area contributed by atoms with Crippen molar-refractivity contribution in [3.8, 4) is 5.75 Å². The van der Waals surface area contributed by atoms with E-state index in [0.29, 0.717) is 17.3 Å². The van der Waals surface area contributed by atoms with E-state index in [-0.39, 0.29) is 5.75 Å². The summed E-state index contributed by atoms with van der Waals surface area (Å²) in [4.78, 5) is 0. The molecule has 1 aromatic carbocycles. The highest BCUT2D eigenvalue weighted by molar-refractivity contribution is 9.10. The summed E-state index contributed by atoms with van der Waals surface area (Å²) in [6.07, 6.45) is 1.46. The van der Waals surface area contributed by atoms with Crippen molar-refractivity contribution in [1.29, 1.82) is 0 Å². The van der Waals surface area contributed by atoms with E-state index in [1.54, 1.807) is 25.1 Å². The van der Waals surface area contributed by atoms with Crippen LogP contribution in [0.5, 0.6) is 5.75 Å². The predicted octanol–water partition coefficient (Wildman–Crippen LogP) is 1.21. The molecule has 0 atom stereocenters. The van der Waals surface area contributed by atoms with Gasteiger partial charge in [0.2, 0.25) is 0 Å². The Morgan fingerprint density at radius 1 is 1.50 bits per heavy atom. The van der Waals surface area contributed by atoms with Crippen molar-refractivity contribution in [1.82, 2.24) is 14.9 Å².